The number of hydrogen-bond acceptors (Lipinski definition) is 5. The molecule has 6 nitrogen and oxygen atoms in total. The summed E-state index contributed by atoms with van der Waals surface area (Å²) in [6, 6.07) is 3.80. The number of phenols is 1. The molecule has 0 aliphatic carbocycles. The van der Waals surface area contributed by atoms with E-state index < -0.39 is 4.92 Å². The maximum atomic E-state index is 10.6. The molecule has 0 unspecified atom stereocenters. The summed E-state index contributed by atoms with van der Waals surface area (Å²) in [6.45, 7) is 1.72. The number of phenolic OH excluding ortho intramolecular Hbond substituents is 1. The fourth-order valence-electron chi connectivity index (χ4n) is 1.80. The third kappa shape index (κ3) is 2.85. The van der Waals surface area contributed by atoms with Crippen molar-refractivity contribution in [2.75, 3.05) is 13.1 Å². The Morgan fingerprint density at radius 3 is 2.76 bits per heavy atom. The number of nitro benzene ring substituents is 1. The minimum Gasteiger partial charge on any atom is -0.504 e. The average molecular weight is 238 g/mol. The Morgan fingerprint density at radius 2 is 2.12 bits per heavy atom. The summed E-state index contributed by atoms with van der Waals surface area (Å²) >= 11 is 0. The van der Waals surface area contributed by atoms with E-state index in [-0.39, 0.29) is 23.3 Å². The molecule has 1 heterocycles. The molecule has 1 aliphatic heterocycles. The molecule has 0 saturated carbocycles. The monoisotopic (exact) mass is 238 g/mol. The van der Waals surface area contributed by atoms with Crippen molar-refractivity contribution in [2.24, 2.45) is 0 Å². The van der Waals surface area contributed by atoms with E-state index in [0.717, 1.165) is 25.9 Å². The van der Waals surface area contributed by atoms with E-state index in [4.69, 9.17) is 4.74 Å². The van der Waals surface area contributed by atoms with E-state index in [2.05, 4.69) is 5.32 Å². The van der Waals surface area contributed by atoms with E-state index in [1.807, 2.05) is 0 Å². The van der Waals surface area contributed by atoms with Crippen LogP contribution in [0.15, 0.2) is 18.2 Å². The van der Waals surface area contributed by atoms with Crippen LogP contribution in [0.4, 0.5) is 5.69 Å². The van der Waals surface area contributed by atoms with Crippen LogP contribution >= 0.6 is 0 Å². The largest absolute Gasteiger partial charge is 0.504 e. The lowest BCUT2D eigenvalue weighted by molar-refractivity contribution is -0.385. The van der Waals surface area contributed by atoms with Gasteiger partial charge in [-0.25, -0.2) is 0 Å². The Balaban J connectivity index is 2.13. The first-order chi connectivity index (χ1) is 8.16. The number of benzene rings is 1. The Hall–Kier alpha value is -1.82. The van der Waals surface area contributed by atoms with Crippen LogP contribution in [0, 0.1) is 10.1 Å². The van der Waals surface area contributed by atoms with Crippen LogP contribution in [0.5, 0.6) is 11.5 Å². The summed E-state index contributed by atoms with van der Waals surface area (Å²) in [4.78, 5) is 10.1. The highest BCUT2D eigenvalue weighted by molar-refractivity contribution is 5.47. The maximum Gasteiger partial charge on any atom is 0.273 e. The number of piperidine rings is 1. The highest BCUT2D eigenvalue weighted by Crippen LogP contribution is 2.31. The summed E-state index contributed by atoms with van der Waals surface area (Å²) in [6.07, 6.45) is 1.67. The van der Waals surface area contributed by atoms with E-state index in [9.17, 15) is 15.2 Å². The van der Waals surface area contributed by atoms with E-state index in [1.165, 1.54) is 18.2 Å². The first-order valence-electron chi connectivity index (χ1n) is 5.51. The zero-order valence-electron chi connectivity index (χ0n) is 9.26. The van der Waals surface area contributed by atoms with Crippen molar-refractivity contribution < 1.29 is 14.8 Å². The van der Waals surface area contributed by atoms with Gasteiger partial charge in [-0.2, -0.15) is 0 Å². The number of ether oxygens (including phenoxy) is 1. The van der Waals surface area contributed by atoms with Gasteiger partial charge in [0.1, 0.15) is 6.10 Å². The van der Waals surface area contributed by atoms with Crippen LogP contribution in [0.3, 0.4) is 0 Å². The molecule has 6 heteroatoms. The van der Waals surface area contributed by atoms with Gasteiger partial charge in [0.05, 0.1) is 11.0 Å². The van der Waals surface area contributed by atoms with Crippen LogP contribution in [-0.2, 0) is 0 Å². The lowest BCUT2D eigenvalue weighted by Crippen LogP contribution is -2.34. The molecule has 17 heavy (non-hydrogen) atoms. The minimum absolute atomic E-state index is 0.00385. The van der Waals surface area contributed by atoms with E-state index >= 15 is 0 Å². The Kier molecular flexibility index (Phi) is 3.43. The zero-order chi connectivity index (χ0) is 12.3. The summed E-state index contributed by atoms with van der Waals surface area (Å²) in [5, 5.41) is 23.4. The second kappa shape index (κ2) is 5.01. The zero-order valence-corrected chi connectivity index (χ0v) is 9.26. The van der Waals surface area contributed by atoms with Gasteiger partial charge in [0.25, 0.3) is 5.69 Å². The summed E-state index contributed by atoms with van der Waals surface area (Å²) in [7, 11) is 0. The molecule has 1 fully saturated rings. The van der Waals surface area contributed by atoms with Gasteiger partial charge in [0.15, 0.2) is 11.5 Å². The highest BCUT2D eigenvalue weighted by Gasteiger charge is 2.18. The first-order valence-corrected chi connectivity index (χ1v) is 5.51. The minimum atomic E-state index is -0.505. The number of nitrogens with zero attached hydrogens (tertiary/aromatic N) is 1. The van der Waals surface area contributed by atoms with Gasteiger partial charge >= 0.3 is 0 Å². The predicted molar refractivity (Wildman–Crippen MR) is 61.3 cm³/mol. The van der Waals surface area contributed by atoms with Gasteiger partial charge in [-0.3, -0.25) is 10.1 Å². The smallest absolute Gasteiger partial charge is 0.273 e. The second-order valence-corrected chi connectivity index (χ2v) is 3.98. The van der Waals surface area contributed by atoms with Gasteiger partial charge in [-0.05, 0) is 32.0 Å². The summed E-state index contributed by atoms with van der Waals surface area (Å²) in [5.41, 5.74) is -0.0771. The third-order valence-electron chi connectivity index (χ3n) is 2.73. The molecule has 92 valence electrons. The van der Waals surface area contributed by atoms with Gasteiger partial charge in [-0.15, -0.1) is 0 Å². The van der Waals surface area contributed by atoms with Crippen molar-refractivity contribution in [3.05, 3.63) is 28.3 Å². The third-order valence-corrected chi connectivity index (χ3v) is 2.73. The Bertz CT molecular complexity index is 416. The molecule has 0 atom stereocenters. The molecule has 0 bridgehead atoms. The number of non-ortho nitro benzene ring substituents is 1. The molecule has 0 aromatic heterocycles. The van der Waals surface area contributed by atoms with Crippen molar-refractivity contribution in [3.8, 4) is 11.5 Å². The Labute approximate surface area is 98.4 Å². The maximum absolute atomic E-state index is 10.6. The molecule has 1 aromatic rings. The topological polar surface area (TPSA) is 84.6 Å². The standard InChI is InChI=1S/C11H14N2O4/c14-10-2-1-8(13(15)16)7-11(10)17-9-3-5-12-6-4-9/h1-2,7,9,12,14H,3-6H2. The number of rotatable bonds is 3. The fourth-order valence-corrected chi connectivity index (χ4v) is 1.80. The van der Waals surface area contributed by atoms with Crippen LogP contribution in [0.25, 0.3) is 0 Å². The van der Waals surface area contributed by atoms with Crippen molar-refractivity contribution in [1.82, 2.24) is 5.32 Å². The number of aromatic hydroxyl groups is 1. The number of hydrogen-bond donors (Lipinski definition) is 2. The summed E-state index contributed by atoms with van der Waals surface area (Å²) in [5.74, 6) is 0.125. The molecule has 0 spiro atoms. The fraction of sp³-hybridized carbons (Fsp3) is 0.455. The van der Waals surface area contributed by atoms with Crippen molar-refractivity contribution in [3.63, 3.8) is 0 Å². The first kappa shape index (κ1) is 11.7. The highest BCUT2D eigenvalue weighted by atomic mass is 16.6. The van der Waals surface area contributed by atoms with Crippen molar-refractivity contribution in [2.45, 2.75) is 18.9 Å². The lowest BCUT2D eigenvalue weighted by Gasteiger charge is -2.23. The lowest BCUT2D eigenvalue weighted by atomic mass is 10.1. The van der Waals surface area contributed by atoms with Gasteiger partial charge in [0.2, 0.25) is 0 Å². The average Bonchev–Trinajstić information content (AvgIpc) is 2.33. The van der Waals surface area contributed by atoms with Crippen molar-refractivity contribution >= 4 is 5.69 Å². The van der Waals surface area contributed by atoms with Crippen LogP contribution in [0.1, 0.15) is 12.8 Å². The van der Waals surface area contributed by atoms with Crippen LogP contribution in [0.2, 0.25) is 0 Å². The summed E-state index contributed by atoms with van der Waals surface area (Å²) < 4.78 is 5.58. The molecular weight excluding hydrogens is 224 g/mol. The molecule has 1 saturated heterocycles. The number of nitro groups is 1. The van der Waals surface area contributed by atoms with Gasteiger partial charge in [0, 0.05) is 6.07 Å². The van der Waals surface area contributed by atoms with E-state index in [0.29, 0.717) is 0 Å². The molecule has 1 aliphatic rings. The van der Waals surface area contributed by atoms with E-state index in [1.54, 1.807) is 0 Å². The molecule has 2 N–H and O–H groups in total. The quantitative estimate of drug-likeness (QED) is 0.614. The Morgan fingerprint density at radius 1 is 1.41 bits per heavy atom. The van der Waals surface area contributed by atoms with Crippen LogP contribution in [-0.4, -0.2) is 29.2 Å². The SMILES string of the molecule is O=[N+]([O-])c1ccc(O)c(OC2CCNCC2)c1. The molecule has 1 aromatic carbocycles. The molecular formula is C11H14N2O4. The second-order valence-electron chi connectivity index (χ2n) is 3.98. The molecule has 0 radical (unpaired) electrons. The van der Waals surface area contributed by atoms with Gasteiger partial charge in [-0.1, -0.05) is 0 Å². The van der Waals surface area contributed by atoms with Crippen molar-refractivity contribution in [1.29, 1.82) is 0 Å². The van der Waals surface area contributed by atoms with Crippen LogP contribution < -0.4 is 10.1 Å². The normalized spacial score (nSPS) is 16.7. The predicted octanol–water partition coefficient (Wildman–Crippen LogP) is 1.43. The molecule has 0 amide bonds. The molecule has 2 rings (SSSR count). The van der Waals surface area contributed by atoms with Gasteiger partial charge < -0.3 is 15.2 Å². The number of nitrogens with one attached hydrogen (secondary N) is 1.